The molecule has 3 heterocycles. The summed E-state index contributed by atoms with van der Waals surface area (Å²) >= 11 is 0. The summed E-state index contributed by atoms with van der Waals surface area (Å²) in [5.41, 5.74) is 2.79. The van der Waals surface area contributed by atoms with Crippen LogP contribution in [0.5, 0.6) is 0 Å². The van der Waals surface area contributed by atoms with Crippen LogP contribution in [-0.4, -0.2) is 64.4 Å². The van der Waals surface area contributed by atoms with Gasteiger partial charge in [-0.05, 0) is 50.6 Å². The van der Waals surface area contributed by atoms with Crippen LogP contribution in [0.4, 0.5) is 0 Å². The molecular weight excluding hydrogens is 336 g/mol. The van der Waals surface area contributed by atoms with Gasteiger partial charge in [0.15, 0.2) is 0 Å². The van der Waals surface area contributed by atoms with E-state index in [0.717, 1.165) is 19.6 Å². The van der Waals surface area contributed by atoms with E-state index in [4.69, 9.17) is 0 Å². The highest BCUT2D eigenvalue weighted by Gasteiger charge is 2.34. The topological polar surface area (TPSA) is 55.4 Å². The first-order valence-electron chi connectivity index (χ1n) is 11.4. The summed E-state index contributed by atoms with van der Waals surface area (Å²) in [6.07, 6.45) is 14.3. The van der Waals surface area contributed by atoms with Crippen LogP contribution in [0, 0.1) is 11.8 Å². The second-order valence-corrected chi connectivity index (χ2v) is 9.26. The summed E-state index contributed by atoms with van der Waals surface area (Å²) in [5, 5.41) is 17.7. The van der Waals surface area contributed by atoms with Crippen molar-refractivity contribution in [3.05, 3.63) is 17.5 Å². The molecule has 1 aromatic heterocycles. The summed E-state index contributed by atoms with van der Waals surface area (Å²) in [6, 6.07) is 0. The molecule has 1 aliphatic carbocycles. The number of aliphatic hydroxyl groups excluding tert-OH is 1. The van der Waals surface area contributed by atoms with E-state index >= 15 is 0 Å². The summed E-state index contributed by atoms with van der Waals surface area (Å²) in [6.45, 7) is 7.15. The van der Waals surface area contributed by atoms with Gasteiger partial charge >= 0.3 is 0 Å². The van der Waals surface area contributed by atoms with Gasteiger partial charge < -0.3 is 10.0 Å². The Morgan fingerprint density at radius 2 is 1.63 bits per heavy atom. The number of likely N-dealkylation sites (tertiary alicyclic amines) is 2. The molecule has 5 nitrogen and oxygen atoms in total. The first kappa shape index (κ1) is 19.4. The van der Waals surface area contributed by atoms with Crippen molar-refractivity contribution in [3.63, 3.8) is 0 Å². The summed E-state index contributed by atoms with van der Waals surface area (Å²) in [4.78, 5) is 5.23. The van der Waals surface area contributed by atoms with Crippen molar-refractivity contribution in [3.8, 4) is 0 Å². The predicted molar refractivity (Wildman–Crippen MR) is 109 cm³/mol. The van der Waals surface area contributed by atoms with Crippen LogP contribution in [0.3, 0.4) is 0 Å². The molecule has 0 bridgehead atoms. The Labute approximate surface area is 164 Å². The number of hydrogen-bond donors (Lipinski definition) is 2. The highest BCUT2D eigenvalue weighted by molar-refractivity contribution is 5.21. The van der Waals surface area contributed by atoms with E-state index in [0.29, 0.717) is 24.4 Å². The fourth-order valence-electron chi connectivity index (χ4n) is 5.66. The average Bonchev–Trinajstić information content (AvgIpc) is 3.22. The number of nitrogens with one attached hydrogen (secondary N) is 1. The van der Waals surface area contributed by atoms with Gasteiger partial charge in [-0.25, -0.2) is 0 Å². The Balaban J connectivity index is 1.35. The van der Waals surface area contributed by atoms with Crippen molar-refractivity contribution < 1.29 is 5.11 Å². The summed E-state index contributed by atoms with van der Waals surface area (Å²) in [5.74, 6) is 1.72. The Morgan fingerprint density at radius 3 is 2.37 bits per heavy atom. The lowest BCUT2D eigenvalue weighted by atomic mass is 9.85. The zero-order valence-corrected chi connectivity index (χ0v) is 16.9. The largest absolute Gasteiger partial charge is 0.396 e. The monoisotopic (exact) mass is 374 g/mol. The lowest BCUT2D eigenvalue weighted by molar-refractivity contribution is 0.165. The van der Waals surface area contributed by atoms with Gasteiger partial charge in [-0.2, -0.15) is 5.10 Å². The van der Waals surface area contributed by atoms with E-state index in [-0.39, 0.29) is 0 Å². The minimum absolute atomic E-state index is 0.329. The number of aromatic nitrogens is 2. The number of aliphatic hydroxyl groups is 1. The van der Waals surface area contributed by atoms with Crippen LogP contribution in [0.1, 0.15) is 75.0 Å². The number of aromatic amines is 1. The van der Waals surface area contributed by atoms with Crippen LogP contribution < -0.4 is 0 Å². The van der Waals surface area contributed by atoms with E-state index in [1.807, 2.05) is 0 Å². The molecule has 3 fully saturated rings. The van der Waals surface area contributed by atoms with Crippen molar-refractivity contribution >= 4 is 0 Å². The number of rotatable bonds is 6. The molecule has 4 rings (SSSR count). The Bertz CT molecular complexity index is 560. The molecule has 2 atom stereocenters. The number of nitrogens with zero attached hydrogens (tertiary/aromatic N) is 3. The minimum Gasteiger partial charge on any atom is -0.396 e. The molecule has 2 N–H and O–H groups in total. The van der Waals surface area contributed by atoms with Crippen molar-refractivity contribution in [2.45, 2.75) is 70.3 Å². The summed E-state index contributed by atoms with van der Waals surface area (Å²) in [7, 11) is 0. The molecule has 5 heteroatoms. The SMILES string of the molecule is OC[C@@H]1CN(Cc2cn[nH]c2C2CCCCC2)C[C@@H]1CN1CCCCCC1. The zero-order valence-electron chi connectivity index (χ0n) is 16.9. The maximum Gasteiger partial charge on any atom is 0.0535 e. The maximum absolute atomic E-state index is 9.96. The smallest absolute Gasteiger partial charge is 0.0535 e. The second-order valence-electron chi connectivity index (χ2n) is 9.26. The van der Waals surface area contributed by atoms with Gasteiger partial charge in [0.1, 0.15) is 0 Å². The first-order chi connectivity index (χ1) is 13.3. The standard InChI is InChI=1S/C22H38N4O/c27-17-21-16-26(15-20(21)14-25-10-6-1-2-7-11-25)13-19-12-23-24-22(19)18-8-4-3-5-9-18/h12,18,20-21,27H,1-11,13-17H2,(H,23,24)/t20-,21-/m0/s1. The molecule has 0 amide bonds. The van der Waals surface area contributed by atoms with E-state index in [9.17, 15) is 5.11 Å². The molecule has 0 radical (unpaired) electrons. The molecule has 0 spiro atoms. The molecule has 2 aliphatic heterocycles. The van der Waals surface area contributed by atoms with Crippen molar-refractivity contribution in [1.82, 2.24) is 20.0 Å². The minimum atomic E-state index is 0.329. The van der Waals surface area contributed by atoms with Crippen molar-refractivity contribution in [2.24, 2.45) is 11.8 Å². The zero-order chi connectivity index (χ0) is 18.5. The van der Waals surface area contributed by atoms with Crippen molar-refractivity contribution in [1.29, 1.82) is 0 Å². The molecule has 27 heavy (non-hydrogen) atoms. The maximum atomic E-state index is 9.96. The highest BCUT2D eigenvalue weighted by Crippen LogP contribution is 2.34. The molecule has 0 aromatic carbocycles. The third-order valence-corrected chi connectivity index (χ3v) is 7.24. The van der Waals surface area contributed by atoms with Gasteiger partial charge in [0.25, 0.3) is 0 Å². The van der Waals surface area contributed by atoms with Gasteiger partial charge in [0, 0.05) is 50.0 Å². The molecular formula is C22H38N4O. The lowest BCUT2D eigenvalue weighted by Gasteiger charge is -2.26. The Morgan fingerprint density at radius 1 is 0.926 bits per heavy atom. The third kappa shape index (κ3) is 4.93. The van der Waals surface area contributed by atoms with E-state index in [1.165, 1.54) is 88.7 Å². The van der Waals surface area contributed by atoms with E-state index in [2.05, 4.69) is 26.2 Å². The van der Waals surface area contributed by atoms with Gasteiger partial charge in [-0.3, -0.25) is 10.00 Å². The van der Waals surface area contributed by atoms with Gasteiger partial charge in [0.2, 0.25) is 0 Å². The normalized spacial score (nSPS) is 29.2. The number of H-pyrrole nitrogens is 1. The average molecular weight is 375 g/mol. The van der Waals surface area contributed by atoms with Gasteiger partial charge in [-0.1, -0.05) is 32.1 Å². The van der Waals surface area contributed by atoms with Crippen LogP contribution in [0.25, 0.3) is 0 Å². The fourth-order valence-corrected chi connectivity index (χ4v) is 5.66. The highest BCUT2D eigenvalue weighted by atomic mass is 16.3. The summed E-state index contributed by atoms with van der Waals surface area (Å²) < 4.78 is 0. The molecule has 1 aromatic rings. The Kier molecular flexibility index (Phi) is 6.85. The fraction of sp³-hybridized carbons (Fsp3) is 0.864. The Hall–Kier alpha value is -0.910. The van der Waals surface area contributed by atoms with Gasteiger partial charge in [-0.15, -0.1) is 0 Å². The molecule has 1 saturated carbocycles. The van der Waals surface area contributed by atoms with Crippen LogP contribution in [0.15, 0.2) is 6.20 Å². The van der Waals surface area contributed by atoms with Gasteiger partial charge in [0.05, 0.1) is 6.20 Å². The molecule has 0 unspecified atom stereocenters. The third-order valence-electron chi connectivity index (χ3n) is 7.24. The van der Waals surface area contributed by atoms with Crippen LogP contribution in [0.2, 0.25) is 0 Å². The van der Waals surface area contributed by atoms with Crippen molar-refractivity contribution in [2.75, 3.05) is 39.3 Å². The lowest BCUT2D eigenvalue weighted by Crippen LogP contribution is -2.34. The van der Waals surface area contributed by atoms with E-state index < -0.39 is 0 Å². The quantitative estimate of drug-likeness (QED) is 0.801. The van der Waals surface area contributed by atoms with Crippen LogP contribution >= 0.6 is 0 Å². The molecule has 2 saturated heterocycles. The van der Waals surface area contributed by atoms with Crippen LogP contribution in [-0.2, 0) is 6.54 Å². The predicted octanol–water partition coefficient (Wildman–Crippen LogP) is 3.37. The number of hydrogen-bond acceptors (Lipinski definition) is 4. The van der Waals surface area contributed by atoms with E-state index in [1.54, 1.807) is 0 Å². The first-order valence-corrected chi connectivity index (χ1v) is 11.4. The second kappa shape index (κ2) is 9.53. The molecule has 3 aliphatic rings. The molecule has 152 valence electrons.